The van der Waals surface area contributed by atoms with Crippen LogP contribution in [-0.2, 0) is 14.8 Å². The maximum Gasteiger partial charge on any atom is 0.307 e. The van der Waals surface area contributed by atoms with E-state index < -0.39 is 50.8 Å². The van der Waals surface area contributed by atoms with Crippen molar-refractivity contribution in [1.29, 1.82) is 0 Å². The molecule has 0 saturated heterocycles. The Morgan fingerprint density at radius 1 is 1.30 bits per heavy atom. The monoisotopic (exact) mass is 311 g/mol. The summed E-state index contributed by atoms with van der Waals surface area (Å²) in [7, 11) is -3.24. The van der Waals surface area contributed by atoms with Gasteiger partial charge >= 0.3 is 5.97 Å². The van der Waals surface area contributed by atoms with Gasteiger partial charge in [-0.05, 0) is 12.1 Å². The molecule has 0 amide bonds. The molecule has 20 heavy (non-hydrogen) atoms. The highest BCUT2D eigenvalue weighted by Crippen LogP contribution is 2.20. The third-order valence-corrected chi connectivity index (χ3v) is 4.42. The number of carboxylic acids is 1. The predicted molar refractivity (Wildman–Crippen MR) is 62.9 cm³/mol. The third-order valence-electron chi connectivity index (χ3n) is 2.62. The highest BCUT2D eigenvalue weighted by Gasteiger charge is 2.27. The van der Waals surface area contributed by atoms with Crippen LogP contribution in [0.2, 0.25) is 0 Å². The van der Waals surface area contributed by atoms with E-state index in [1.807, 2.05) is 0 Å². The molecule has 0 aromatic heterocycles. The maximum absolute atomic E-state index is 13.0. The van der Waals surface area contributed by atoms with E-state index in [1.54, 1.807) is 0 Å². The lowest BCUT2D eigenvalue weighted by atomic mass is 10.2. The standard InChI is InChI=1S/C11H12F3NO4S/c1-6(11(16)17)5-15(2)20(18,19)7-3-8(12)10(14)9(13)4-7/h3-4,6H,5H2,1-2H3,(H,16,17). The van der Waals surface area contributed by atoms with Gasteiger partial charge in [0.1, 0.15) is 0 Å². The molecule has 1 aromatic carbocycles. The zero-order valence-corrected chi connectivity index (χ0v) is 11.4. The number of halogens is 3. The smallest absolute Gasteiger partial charge is 0.307 e. The second-order valence-electron chi connectivity index (χ2n) is 4.23. The van der Waals surface area contributed by atoms with E-state index >= 15 is 0 Å². The van der Waals surface area contributed by atoms with Gasteiger partial charge in [0.2, 0.25) is 10.0 Å². The molecule has 5 nitrogen and oxygen atoms in total. The molecule has 0 aliphatic heterocycles. The molecule has 1 N–H and O–H groups in total. The minimum atomic E-state index is -4.31. The average Bonchev–Trinajstić information content (AvgIpc) is 2.34. The third kappa shape index (κ3) is 3.28. The fraction of sp³-hybridized carbons (Fsp3) is 0.364. The van der Waals surface area contributed by atoms with Crippen LogP contribution in [0.3, 0.4) is 0 Å². The minimum absolute atomic E-state index is 0.343. The summed E-state index contributed by atoms with van der Waals surface area (Å²) in [5, 5.41) is 8.70. The number of nitrogens with zero attached hydrogens (tertiary/aromatic N) is 1. The van der Waals surface area contributed by atoms with Crippen molar-refractivity contribution in [3.05, 3.63) is 29.6 Å². The molecule has 112 valence electrons. The van der Waals surface area contributed by atoms with Gasteiger partial charge < -0.3 is 5.11 Å². The molecule has 1 unspecified atom stereocenters. The number of hydrogen-bond acceptors (Lipinski definition) is 3. The van der Waals surface area contributed by atoms with Gasteiger partial charge in [0.05, 0.1) is 10.8 Å². The van der Waals surface area contributed by atoms with Crippen LogP contribution in [0.4, 0.5) is 13.2 Å². The van der Waals surface area contributed by atoms with Gasteiger partial charge in [-0.15, -0.1) is 0 Å². The molecule has 1 rings (SSSR count). The van der Waals surface area contributed by atoms with Crippen molar-refractivity contribution in [2.24, 2.45) is 5.92 Å². The van der Waals surface area contributed by atoms with E-state index in [1.165, 1.54) is 6.92 Å². The van der Waals surface area contributed by atoms with E-state index in [9.17, 15) is 26.4 Å². The average molecular weight is 311 g/mol. The molecule has 0 bridgehead atoms. The van der Waals surface area contributed by atoms with Crippen molar-refractivity contribution in [2.45, 2.75) is 11.8 Å². The first-order chi connectivity index (χ1) is 9.07. The van der Waals surface area contributed by atoms with Crippen molar-refractivity contribution in [2.75, 3.05) is 13.6 Å². The van der Waals surface area contributed by atoms with Gasteiger partial charge in [0.15, 0.2) is 17.5 Å². The predicted octanol–water partition coefficient (Wildman–Crippen LogP) is 1.45. The normalized spacial score (nSPS) is 13.5. The Balaban J connectivity index is 3.14. The lowest BCUT2D eigenvalue weighted by molar-refractivity contribution is -0.141. The van der Waals surface area contributed by atoms with Crippen molar-refractivity contribution < 1.29 is 31.5 Å². The Morgan fingerprint density at radius 2 is 1.75 bits per heavy atom. The van der Waals surface area contributed by atoms with Crippen molar-refractivity contribution in [3.63, 3.8) is 0 Å². The van der Waals surface area contributed by atoms with Gasteiger partial charge in [-0.1, -0.05) is 6.92 Å². The number of aliphatic carboxylic acids is 1. The largest absolute Gasteiger partial charge is 0.481 e. The Kier molecular flexibility index (Phi) is 4.77. The molecular weight excluding hydrogens is 299 g/mol. The first-order valence-electron chi connectivity index (χ1n) is 5.41. The van der Waals surface area contributed by atoms with Crippen molar-refractivity contribution >= 4 is 16.0 Å². The van der Waals surface area contributed by atoms with Gasteiger partial charge in [-0.3, -0.25) is 4.79 Å². The summed E-state index contributed by atoms with van der Waals surface area (Å²) < 4.78 is 63.4. The van der Waals surface area contributed by atoms with Crippen LogP contribution in [0.25, 0.3) is 0 Å². The van der Waals surface area contributed by atoms with Crippen LogP contribution in [0.15, 0.2) is 17.0 Å². The highest BCUT2D eigenvalue weighted by molar-refractivity contribution is 7.89. The van der Waals surface area contributed by atoms with Gasteiger partial charge in [-0.25, -0.2) is 25.9 Å². The van der Waals surface area contributed by atoms with Crippen LogP contribution in [0.5, 0.6) is 0 Å². The second kappa shape index (κ2) is 5.80. The first-order valence-corrected chi connectivity index (χ1v) is 6.85. The Bertz CT molecular complexity index is 610. The number of hydrogen-bond donors (Lipinski definition) is 1. The molecule has 1 aromatic rings. The Hall–Kier alpha value is -1.61. The fourth-order valence-corrected chi connectivity index (χ4v) is 2.71. The van der Waals surface area contributed by atoms with Crippen molar-refractivity contribution in [3.8, 4) is 0 Å². The van der Waals surface area contributed by atoms with Gasteiger partial charge in [0, 0.05) is 13.6 Å². The summed E-state index contributed by atoms with van der Waals surface area (Å²) in [4.78, 5) is 9.88. The molecule has 0 aliphatic rings. The highest BCUT2D eigenvalue weighted by atomic mass is 32.2. The number of sulfonamides is 1. The SMILES string of the molecule is CC(CN(C)S(=O)(=O)c1cc(F)c(F)c(F)c1)C(=O)O. The van der Waals surface area contributed by atoms with Crippen LogP contribution < -0.4 is 0 Å². The summed E-state index contributed by atoms with van der Waals surface area (Å²) in [5.41, 5.74) is 0. The van der Waals surface area contributed by atoms with E-state index in [0.717, 1.165) is 7.05 Å². The van der Waals surface area contributed by atoms with Gasteiger partial charge in [-0.2, -0.15) is 0 Å². The Morgan fingerprint density at radius 3 is 2.15 bits per heavy atom. The molecule has 0 saturated carbocycles. The maximum atomic E-state index is 13.0. The quantitative estimate of drug-likeness (QED) is 0.835. The van der Waals surface area contributed by atoms with Crippen LogP contribution in [-0.4, -0.2) is 37.4 Å². The zero-order valence-electron chi connectivity index (χ0n) is 10.6. The molecule has 0 aliphatic carbocycles. The molecule has 1 atom stereocenters. The number of carbonyl (C=O) groups is 1. The summed E-state index contributed by atoms with van der Waals surface area (Å²) >= 11 is 0. The summed E-state index contributed by atoms with van der Waals surface area (Å²) in [6.07, 6.45) is 0. The van der Waals surface area contributed by atoms with Gasteiger partial charge in [0.25, 0.3) is 0 Å². The summed E-state index contributed by atoms with van der Waals surface area (Å²) in [6.45, 7) is 0.887. The lowest BCUT2D eigenvalue weighted by Crippen LogP contribution is -2.33. The molecule has 0 fully saturated rings. The molecule has 0 spiro atoms. The Labute approximate surface area is 113 Å². The summed E-state index contributed by atoms with van der Waals surface area (Å²) in [6, 6.07) is 0.686. The first kappa shape index (κ1) is 16.4. The minimum Gasteiger partial charge on any atom is -0.481 e. The number of benzene rings is 1. The topological polar surface area (TPSA) is 74.7 Å². The van der Waals surface area contributed by atoms with E-state index in [2.05, 4.69) is 0 Å². The van der Waals surface area contributed by atoms with E-state index in [0.29, 0.717) is 16.4 Å². The molecular formula is C11H12F3NO4S. The van der Waals surface area contributed by atoms with Crippen molar-refractivity contribution in [1.82, 2.24) is 4.31 Å². The number of carboxylic acid groups (broad SMARTS) is 1. The molecule has 0 radical (unpaired) electrons. The second-order valence-corrected chi connectivity index (χ2v) is 6.27. The summed E-state index contributed by atoms with van der Waals surface area (Å²) in [5.74, 6) is -7.27. The zero-order chi connectivity index (χ0) is 15.7. The van der Waals surface area contributed by atoms with E-state index in [-0.39, 0.29) is 0 Å². The lowest BCUT2D eigenvalue weighted by Gasteiger charge is -2.19. The molecule has 9 heteroatoms. The van der Waals surface area contributed by atoms with E-state index in [4.69, 9.17) is 5.11 Å². The molecule has 0 heterocycles. The van der Waals surface area contributed by atoms with Crippen LogP contribution in [0, 0.1) is 23.4 Å². The fourth-order valence-electron chi connectivity index (χ4n) is 1.42. The van der Waals surface area contributed by atoms with Crippen LogP contribution in [0.1, 0.15) is 6.92 Å². The number of rotatable bonds is 5. The van der Waals surface area contributed by atoms with Crippen LogP contribution >= 0.6 is 0 Å².